The van der Waals surface area contributed by atoms with E-state index in [-0.39, 0.29) is 6.04 Å². The summed E-state index contributed by atoms with van der Waals surface area (Å²) in [6, 6.07) is 8.68. The number of aliphatic hydroxyl groups is 1. The van der Waals surface area contributed by atoms with Crippen LogP contribution in [-0.4, -0.2) is 31.0 Å². The van der Waals surface area contributed by atoms with Gasteiger partial charge >= 0.3 is 0 Å². The van der Waals surface area contributed by atoms with Gasteiger partial charge in [0.1, 0.15) is 0 Å². The SMILES string of the molecule is Cc1cccc([C@H](C)NCC(O)COCCCC(C)C)c1. The molecule has 1 unspecified atom stereocenters. The van der Waals surface area contributed by atoms with Crippen LogP contribution in [0.2, 0.25) is 0 Å². The molecule has 0 aromatic heterocycles. The molecule has 0 saturated carbocycles. The van der Waals surface area contributed by atoms with Crippen LogP contribution in [0.1, 0.15) is 50.8 Å². The van der Waals surface area contributed by atoms with E-state index in [4.69, 9.17) is 4.74 Å². The van der Waals surface area contributed by atoms with Gasteiger partial charge in [-0.2, -0.15) is 0 Å². The van der Waals surface area contributed by atoms with E-state index < -0.39 is 6.10 Å². The topological polar surface area (TPSA) is 41.5 Å². The highest BCUT2D eigenvalue weighted by Crippen LogP contribution is 2.13. The maximum Gasteiger partial charge on any atom is 0.0897 e. The zero-order chi connectivity index (χ0) is 15.7. The van der Waals surface area contributed by atoms with Crippen molar-refractivity contribution in [2.24, 2.45) is 5.92 Å². The van der Waals surface area contributed by atoms with Crippen molar-refractivity contribution in [3.05, 3.63) is 35.4 Å². The standard InChI is InChI=1S/C18H31NO2/c1-14(2)7-6-10-21-13-18(20)12-19-16(4)17-9-5-8-15(3)11-17/h5,8-9,11,14,16,18-20H,6-7,10,12-13H2,1-4H3/t16-,18?/m0/s1. The van der Waals surface area contributed by atoms with Crippen LogP contribution in [0.25, 0.3) is 0 Å². The van der Waals surface area contributed by atoms with Gasteiger partial charge in [0, 0.05) is 19.2 Å². The van der Waals surface area contributed by atoms with Gasteiger partial charge in [0.15, 0.2) is 0 Å². The lowest BCUT2D eigenvalue weighted by Gasteiger charge is -2.18. The lowest BCUT2D eigenvalue weighted by molar-refractivity contribution is 0.0337. The van der Waals surface area contributed by atoms with E-state index in [0.29, 0.717) is 13.2 Å². The predicted molar refractivity (Wildman–Crippen MR) is 88.5 cm³/mol. The van der Waals surface area contributed by atoms with E-state index in [1.807, 2.05) is 0 Å². The smallest absolute Gasteiger partial charge is 0.0897 e. The van der Waals surface area contributed by atoms with Crippen LogP contribution in [0, 0.1) is 12.8 Å². The molecular weight excluding hydrogens is 262 g/mol. The molecule has 1 rings (SSSR count). The maximum absolute atomic E-state index is 9.92. The largest absolute Gasteiger partial charge is 0.389 e. The Labute approximate surface area is 129 Å². The summed E-state index contributed by atoms with van der Waals surface area (Å²) < 4.78 is 5.51. The van der Waals surface area contributed by atoms with Crippen LogP contribution < -0.4 is 5.32 Å². The molecule has 0 spiro atoms. The number of aliphatic hydroxyl groups excluding tert-OH is 1. The Bertz CT molecular complexity index is 393. The molecule has 0 fully saturated rings. The van der Waals surface area contributed by atoms with Crippen molar-refractivity contribution in [2.75, 3.05) is 19.8 Å². The number of hydrogen-bond donors (Lipinski definition) is 2. The highest BCUT2D eigenvalue weighted by molar-refractivity contribution is 5.24. The fourth-order valence-corrected chi connectivity index (χ4v) is 2.24. The average molecular weight is 293 g/mol. The van der Waals surface area contributed by atoms with E-state index >= 15 is 0 Å². The number of aryl methyl sites for hydroxylation is 1. The quantitative estimate of drug-likeness (QED) is 0.649. The van der Waals surface area contributed by atoms with Gasteiger partial charge < -0.3 is 15.2 Å². The lowest BCUT2D eigenvalue weighted by atomic mass is 10.1. The first-order chi connectivity index (χ1) is 9.99. The highest BCUT2D eigenvalue weighted by atomic mass is 16.5. The number of hydrogen-bond acceptors (Lipinski definition) is 3. The Morgan fingerprint density at radius 2 is 2.00 bits per heavy atom. The fraction of sp³-hybridized carbons (Fsp3) is 0.667. The summed E-state index contributed by atoms with van der Waals surface area (Å²) in [7, 11) is 0. The monoisotopic (exact) mass is 293 g/mol. The van der Waals surface area contributed by atoms with Crippen LogP contribution in [0.3, 0.4) is 0 Å². The fourth-order valence-electron chi connectivity index (χ4n) is 2.24. The molecule has 21 heavy (non-hydrogen) atoms. The van der Waals surface area contributed by atoms with Crippen molar-refractivity contribution in [3.63, 3.8) is 0 Å². The first-order valence-electron chi connectivity index (χ1n) is 8.04. The van der Waals surface area contributed by atoms with Crippen LogP contribution in [0.5, 0.6) is 0 Å². The molecule has 0 aliphatic carbocycles. The molecule has 1 aromatic carbocycles. The Hall–Kier alpha value is -0.900. The van der Waals surface area contributed by atoms with E-state index in [2.05, 4.69) is 57.3 Å². The van der Waals surface area contributed by atoms with Gasteiger partial charge in [0.25, 0.3) is 0 Å². The second kappa shape index (κ2) is 9.93. The predicted octanol–water partition coefficient (Wildman–Crippen LogP) is 3.46. The first kappa shape index (κ1) is 18.1. The van der Waals surface area contributed by atoms with E-state index in [1.165, 1.54) is 17.5 Å². The van der Waals surface area contributed by atoms with Gasteiger partial charge in [0.2, 0.25) is 0 Å². The van der Waals surface area contributed by atoms with Crippen LogP contribution in [0.15, 0.2) is 24.3 Å². The van der Waals surface area contributed by atoms with E-state index in [9.17, 15) is 5.11 Å². The minimum Gasteiger partial charge on any atom is -0.389 e. The van der Waals surface area contributed by atoms with Crippen molar-refractivity contribution in [1.29, 1.82) is 0 Å². The molecule has 0 saturated heterocycles. The van der Waals surface area contributed by atoms with Gasteiger partial charge in [-0.3, -0.25) is 0 Å². The third-order valence-electron chi connectivity index (χ3n) is 3.58. The maximum atomic E-state index is 9.92. The zero-order valence-corrected chi connectivity index (χ0v) is 13.9. The minimum atomic E-state index is -0.448. The van der Waals surface area contributed by atoms with Crippen molar-refractivity contribution in [3.8, 4) is 0 Å². The molecule has 0 aliphatic rings. The van der Waals surface area contributed by atoms with Gasteiger partial charge in [-0.05, 0) is 38.2 Å². The third kappa shape index (κ3) is 8.20. The minimum absolute atomic E-state index is 0.237. The molecular formula is C18H31NO2. The third-order valence-corrected chi connectivity index (χ3v) is 3.58. The summed E-state index contributed by atoms with van der Waals surface area (Å²) in [5.41, 5.74) is 2.51. The van der Waals surface area contributed by atoms with E-state index in [0.717, 1.165) is 18.9 Å². The summed E-state index contributed by atoms with van der Waals surface area (Å²) >= 11 is 0. The van der Waals surface area contributed by atoms with Gasteiger partial charge in [-0.1, -0.05) is 43.7 Å². The Balaban J connectivity index is 2.16. The summed E-state index contributed by atoms with van der Waals surface area (Å²) in [4.78, 5) is 0. The van der Waals surface area contributed by atoms with Gasteiger partial charge in [-0.25, -0.2) is 0 Å². The molecule has 1 aromatic rings. The molecule has 0 bridgehead atoms. The van der Waals surface area contributed by atoms with Crippen LogP contribution >= 0.6 is 0 Å². The number of rotatable bonds is 10. The lowest BCUT2D eigenvalue weighted by Crippen LogP contribution is -2.32. The van der Waals surface area contributed by atoms with Gasteiger partial charge in [0.05, 0.1) is 12.7 Å². The number of benzene rings is 1. The average Bonchev–Trinajstić information content (AvgIpc) is 2.44. The first-order valence-corrected chi connectivity index (χ1v) is 8.04. The van der Waals surface area contributed by atoms with Crippen LogP contribution in [0.4, 0.5) is 0 Å². The van der Waals surface area contributed by atoms with E-state index in [1.54, 1.807) is 0 Å². The summed E-state index contributed by atoms with van der Waals surface area (Å²) in [6.07, 6.45) is 1.80. The Morgan fingerprint density at radius 1 is 1.24 bits per heavy atom. The Morgan fingerprint density at radius 3 is 2.67 bits per heavy atom. The molecule has 3 nitrogen and oxygen atoms in total. The summed E-state index contributed by atoms with van der Waals surface area (Å²) in [6.45, 7) is 10.3. The van der Waals surface area contributed by atoms with Crippen molar-refractivity contribution in [2.45, 2.75) is 52.7 Å². The second-order valence-electron chi connectivity index (χ2n) is 6.31. The number of ether oxygens (including phenoxy) is 1. The molecule has 3 heteroatoms. The molecule has 2 N–H and O–H groups in total. The summed E-state index contributed by atoms with van der Waals surface area (Å²) in [5.74, 6) is 0.718. The molecule has 2 atom stereocenters. The van der Waals surface area contributed by atoms with Crippen molar-refractivity contribution >= 4 is 0 Å². The molecule has 0 aliphatic heterocycles. The normalized spacial score (nSPS) is 14.4. The molecule has 0 radical (unpaired) electrons. The molecule has 0 amide bonds. The Kier molecular flexibility index (Phi) is 8.58. The molecule has 120 valence electrons. The molecule has 0 heterocycles. The second-order valence-corrected chi connectivity index (χ2v) is 6.31. The van der Waals surface area contributed by atoms with Gasteiger partial charge in [-0.15, -0.1) is 0 Å². The van der Waals surface area contributed by atoms with Crippen molar-refractivity contribution in [1.82, 2.24) is 5.32 Å². The number of nitrogens with one attached hydrogen (secondary N) is 1. The zero-order valence-electron chi connectivity index (χ0n) is 13.9. The summed E-state index contributed by atoms with van der Waals surface area (Å²) in [5, 5.41) is 13.3. The highest BCUT2D eigenvalue weighted by Gasteiger charge is 2.09. The van der Waals surface area contributed by atoms with Crippen molar-refractivity contribution < 1.29 is 9.84 Å². The van der Waals surface area contributed by atoms with Crippen LogP contribution in [-0.2, 0) is 4.74 Å².